The molecular weight excluding hydrogens is 274 g/mol. The minimum Gasteiger partial charge on any atom is -0.351 e. The van der Waals surface area contributed by atoms with Crippen molar-refractivity contribution in [3.63, 3.8) is 0 Å². The van der Waals surface area contributed by atoms with Gasteiger partial charge in [-0.15, -0.1) is 0 Å². The van der Waals surface area contributed by atoms with Gasteiger partial charge in [0.1, 0.15) is 11.6 Å². The fraction of sp³-hybridized carbons (Fsp3) is 0.188. The summed E-state index contributed by atoms with van der Waals surface area (Å²) in [5.74, 6) is -1.47. The second-order valence-electron chi connectivity index (χ2n) is 5.13. The van der Waals surface area contributed by atoms with Gasteiger partial charge in [-0.3, -0.25) is 4.90 Å². The molecule has 2 amide bonds. The first-order valence-corrected chi connectivity index (χ1v) is 6.67. The van der Waals surface area contributed by atoms with Crippen LogP contribution in [0, 0.1) is 11.6 Å². The Balaban J connectivity index is 1.95. The third kappa shape index (κ3) is 2.46. The molecule has 0 aliphatic heterocycles. The number of carbonyl (C=O) groups is 1. The zero-order valence-electron chi connectivity index (χ0n) is 11.2. The number of rotatable bonds is 2. The Labute approximate surface area is 121 Å². The fourth-order valence-corrected chi connectivity index (χ4v) is 2.89. The number of fused-ring (bicyclic) bond motifs is 1. The predicted octanol–water partition coefficient (Wildman–Crippen LogP) is 3.02. The van der Waals surface area contributed by atoms with Gasteiger partial charge < -0.3 is 5.73 Å². The molecule has 0 heterocycles. The molecule has 5 heteroatoms. The second kappa shape index (κ2) is 5.16. The van der Waals surface area contributed by atoms with Gasteiger partial charge in [0.05, 0.1) is 5.69 Å². The molecule has 0 aromatic heterocycles. The van der Waals surface area contributed by atoms with Crippen molar-refractivity contribution in [3.05, 3.63) is 65.2 Å². The van der Waals surface area contributed by atoms with Crippen molar-refractivity contribution in [1.29, 1.82) is 0 Å². The first-order chi connectivity index (χ1) is 10.1. The highest BCUT2D eigenvalue weighted by atomic mass is 19.1. The molecule has 1 aliphatic rings. The Morgan fingerprint density at radius 2 is 1.71 bits per heavy atom. The first-order valence-electron chi connectivity index (χ1n) is 6.67. The topological polar surface area (TPSA) is 46.3 Å². The Morgan fingerprint density at radius 1 is 1.10 bits per heavy atom. The van der Waals surface area contributed by atoms with Crippen LogP contribution in [0.5, 0.6) is 0 Å². The quantitative estimate of drug-likeness (QED) is 0.907. The lowest BCUT2D eigenvalue weighted by Crippen LogP contribution is -2.45. The van der Waals surface area contributed by atoms with Crippen LogP contribution in [0.2, 0.25) is 0 Å². The highest BCUT2D eigenvalue weighted by Gasteiger charge is 2.31. The zero-order valence-corrected chi connectivity index (χ0v) is 11.2. The third-order valence-electron chi connectivity index (χ3n) is 3.80. The summed E-state index contributed by atoms with van der Waals surface area (Å²) in [6.07, 6.45) is 1.21. The molecule has 0 radical (unpaired) electrons. The van der Waals surface area contributed by atoms with Gasteiger partial charge in [-0.1, -0.05) is 24.3 Å². The van der Waals surface area contributed by atoms with Crippen molar-refractivity contribution in [2.75, 3.05) is 4.90 Å². The van der Waals surface area contributed by atoms with Crippen LogP contribution >= 0.6 is 0 Å². The Hall–Kier alpha value is -2.43. The fourth-order valence-electron chi connectivity index (χ4n) is 2.89. The van der Waals surface area contributed by atoms with E-state index in [2.05, 4.69) is 0 Å². The first kappa shape index (κ1) is 13.5. The van der Waals surface area contributed by atoms with Gasteiger partial charge in [-0.2, -0.15) is 0 Å². The number of benzene rings is 2. The number of nitrogens with two attached hydrogens (primary N) is 1. The van der Waals surface area contributed by atoms with E-state index in [9.17, 15) is 13.6 Å². The number of primary amides is 1. The molecule has 0 unspecified atom stereocenters. The van der Waals surface area contributed by atoms with Crippen LogP contribution in [0.3, 0.4) is 0 Å². The molecule has 0 fully saturated rings. The number of carbonyl (C=O) groups excluding carboxylic acids is 1. The molecule has 0 saturated heterocycles. The Morgan fingerprint density at radius 3 is 2.24 bits per heavy atom. The van der Waals surface area contributed by atoms with Crippen LogP contribution < -0.4 is 10.6 Å². The van der Waals surface area contributed by atoms with Gasteiger partial charge >= 0.3 is 6.03 Å². The van der Waals surface area contributed by atoms with Gasteiger partial charge in [0.15, 0.2) is 0 Å². The average Bonchev–Trinajstić information content (AvgIpc) is 2.84. The predicted molar refractivity (Wildman–Crippen MR) is 76.1 cm³/mol. The van der Waals surface area contributed by atoms with Crippen LogP contribution in [-0.2, 0) is 12.8 Å². The SMILES string of the molecule is NC(=O)N(c1ccc(F)cc1F)C1Cc2ccccc2C1. The molecule has 3 nitrogen and oxygen atoms in total. The van der Waals surface area contributed by atoms with Gasteiger partial charge in [-0.25, -0.2) is 13.6 Å². The third-order valence-corrected chi connectivity index (χ3v) is 3.80. The average molecular weight is 288 g/mol. The number of anilines is 1. The van der Waals surface area contributed by atoms with E-state index < -0.39 is 17.7 Å². The summed E-state index contributed by atoms with van der Waals surface area (Å²) in [6, 6.07) is 9.95. The molecule has 21 heavy (non-hydrogen) atoms. The normalized spacial score (nSPS) is 14.0. The van der Waals surface area contributed by atoms with E-state index in [1.54, 1.807) is 0 Å². The molecule has 108 valence electrons. The molecule has 0 spiro atoms. The summed E-state index contributed by atoms with van der Waals surface area (Å²) in [6.45, 7) is 0. The van der Waals surface area contributed by atoms with Crippen molar-refractivity contribution in [2.45, 2.75) is 18.9 Å². The molecular formula is C16H14F2N2O. The van der Waals surface area contributed by atoms with Crippen LogP contribution in [-0.4, -0.2) is 12.1 Å². The molecule has 0 bridgehead atoms. The maximum atomic E-state index is 14.0. The molecule has 2 aromatic rings. The summed E-state index contributed by atoms with van der Waals surface area (Å²) >= 11 is 0. The maximum Gasteiger partial charge on any atom is 0.319 e. The van der Waals surface area contributed by atoms with E-state index in [1.807, 2.05) is 24.3 Å². The van der Waals surface area contributed by atoms with Crippen molar-refractivity contribution in [1.82, 2.24) is 0 Å². The maximum absolute atomic E-state index is 14.0. The van der Waals surface area contributed by atoms with Crippen LogP contribution in [0.4, 0.5) is 19.3 Å². The highest BCUT2D eigenvalue weighted by molar-refractivity contribution is 5.91. The standard InChI is InChI=1S/C16H14F2N2O/c17-12-5-6-15(14(18)9-12)20(16(19)21)13-7-10-3-1-2-4-11(10)8-13/h1-6,9,13H,7-8H2,(H2,19,21). The molecule has 0 saturated carbocycles. The largest absolute Gasteiger partial charge is 0.351 e. The number of urea groups is 1. The van der Waals surface area contributed by atoms with Crippen LogP contribution in [0.15, 0.2) is 42.5 Å². The summed E-state index contributed by atoms with van der Waals surface area (Å²) < 4.78 is 27.0. The van der Waals surface area contributed by atoms with Gasteiger partial charge in [-0.05, 0) is 36.1 Å². The minimum atomic E-state index is -0.787. The molecule has 0 atom stereocenters. The summed E-state index contributed by atoms with van der Waals surface area (Å²) in [5.41, 5.74) is 7.68. The van der Waals surface area contributed by atoms with Gasteiger partial charge in [0.25, 0.3) is 0 Å². The summed E-state index contributed by atoms with van der Waals surface area (Å²) in [7, 11) is 0. The zero-order chi connectivity index (χ0) is 15.0. The number of amides is 2. The van der Waals surface area contributed by atoms with Crippen LogP contribution in [0.1, 0.15) is 11.1 Å². The summed E-state index contributed by atoms with van der Waals surface area (Å²) in [4.78, 5) is 13.0. The van der Waals surface area contributed by atoms with E-state index in [4.69, 9.17) is 5.73 Å². The Kier molecular flexibility index (Phi) is 3.33. The van der Waals surface area contributed by atoms with E-state index >= 15 is 0 Å². The minimum absolute atomic E-state index is 0.0155. The lowest BCUT2D eigenvalue weighted by Gasteiger charge is -2.27. The smallest absolute Gasteiger partial charge is 0.319 e. The molecule has 2 N–H and O–H groups in total. The molecule has 3 rings (SSSR count). The molecule has 2 aromatic carbocycles. The van der Waals surface area contributed by atoms with E-state index in [-0.39, 0.29) is 11.7 Å². The van der Waals surface area contributed by atoms with E-state index in [0.29, 0.717) is 12.8 Å². The second-order valence-corrected chi connectivity index (χ2v) is 5.13. The van der Waals surface area contributed by atoms with Crippen LogP contribution in [0.25, 0.3) is 0 Å². The number of hydrogen-bond donors (Lipinski definition) is 1. The van der Waals surface area contributed by atoms with Crippen molar-refractivity contribution in [2.24, 2.45) is 5.73 Å². The van der Waals surface area contributed by atoms with Gasteiger partial charge in [0.2, 0.25) is 0 Å². The lowest BCUT2D eigenvalue weighted by molar-refractivity contribution is 0.251. The molecule has 1 aliphatic carbocycles. The monoisotopic (exact) mass is 288 g/mol. The summed E-state index contributed by atoms with van der Waals surface area (Å²) in [5, 5.41) is 0. The number of halogens is 2. The van der Waals surface area contributed by atoms with Crippen molar-refractivity contribution >= 4 is 11.7 Å². The number of hydrogen-bond acceptors (Lipinski definition) is 1. The van der Waals surface area contributed by atoms with Gasteiger partial charge in [0, 0.05) is 12.1 Å². The highest BCUT2D eigenvalue weighted by Crippen LogP contribution is 2.30. The van der Waals surface area contributed by atoms with Crippen molar-refractivity contribution in [3.8, 4) is 0 Å². The lowest BCUT2D eigenvalue weighted by atomic mass is 10.1. The van der Waals surface area contributed by atoms with Crippen molar-refractivity contribution < 1.29 is 13.6 Å². The van der Waals surface area contributed by atoms with E-state index in [1.165, 1.54) is 11.0 Å². The Bertz CT molecular complexity index is 677. The number of nitrogens with zero attached hydrogens (tertiary/aromatic N) is 1. The van der Waals surface area contributed by atoms with E-state index in [0.717, 1.165) is 23.3 Å².